The first-order valence-electron chi connectivity index (χ1n) is 11.1. The normalized spacial score (nSPS) is 11.4. The number of nitrogens with one attached hydrogen (secondary N) is 3. The van der Waals surface area contributed by atoms with E-state index in [4.69, 9.17) is 4.74 Å². The molecule has 0 fully saturated rings. The summed E-state index contributed by atoms with van der Waals surface area (Å²) in [7, 11) is 0. The summed E-state index contributed by atoms with van der Waals surface area (Å²) in [5, 5.41) is 17.2. The van der Waals surface area contributed by atoms with Crippen LogP contribution in [-0.2, 0) is 5.41 Å². The molecule has 3 aromatic heterocycles. The molecule has 0 spiro atoms. The Kier molecular flexibility index (Phi) is 5.80. The zero-order valence-corrected chi connectivity index (χ0v) is 19.8. The molecular formula is C25H23FN8O2. The van der Waals surface area contributed by atoms with Gasteiger partial charge in [-0.1, -0.05) is 39.0 Å². The molecule has 0 saturated heterocycles. The second-order valence-electron chi connectivity index (χ2n) is 9.05. The van der Waals surface area contributed by atoms with Gasteiger partial charge >= 0.3 is 6.03 Å². The molecule has 0 unspecified atom stereocenters. The fraction of sp³-hybridized carbons (Fsp3) is 0.160. The number of fused-ring (bicyclic) bond motifs is 1. The minimum Gasteiger partial charge on any atom is -0.435 e. The molecule has 182 valence electrons. The Hall–Kier alpha value is -4.80. The number of anilines is 2. The SMILES string of the molecule is CC(C)(C)c1cc(NC(=O)Nc2ccc(Oc3ncnc4[nH]ncc34)c(F)c2)n(-c2ccccc2)n1. The molecule has 0 saturated carbocycles. The van der Waals surface area contributed by atoms with Gasteiger partial charge < -0.3 is 10.1 Å². The average Bonchev–Trinajstić information content (AvgIpc) is 3.49. The molecule has 36 heavy (non-hydrogen) atoms. The van der Waals surface area contributed by atoms with E-state index in [1.165, 1.54) is 24.7 Å². The van der Waals surface area contributed by atoms with Crippen molar-refractivity contribution in [3.63, 3.8) is 0 Å². The van der Waals surface area contributed by atoms with E-state index in [0.29, 0.717) is 16.9 Å². The van der Waals surface area contributed by atoms with Crippen molar-refractivity contribution in [3.05, 3.63) is 78.6 Å². The molecule has 0 bridgehead atoms. The van der Waals surface area contributed by atoms with E-state index in [2.05, 4.69) is 35.9 Å². The maximum atomic E-state index is 14.8. The van der Waals surface area contributed by atoms with Gasteiger partial charge in [0.15, 0.2) is 17.2 Å². The molecule has 10 nitrogen and oxygen atoms in total. The lowest BCUT2D eigenvalue weighted by molar-refractivity contribution is 0.262. The second-order valence-corrected chi connectivity index (χ2v) is 9.05. The first-order chi connectivity index (χ1) is 17.3. The van der Waals surface area contributed by atoms with Crippen molar-refractivity contribution in [1.82, 2.24) is 29.9 Å². The Morgan fingerprint density at radius 1 is 1.06 bits per heavy atom. The second kappa shape index (κ2) is 9.10. The zero-order chi connectivity index (χ0) is 25.3. The number of halogens is 1. The molecule has 3 heterocycles. The van der Waals surface area contributed by atoms with E-state index in [1.54, 1.807) is 4.68 Å². The lowest BCUT2D eigenvalue weighted by Crippen LogP contribution is -2.21. The van der Waals surface area contributed by atoms with Gasteiger partial charge in [-0.05, 0) is 24.3 Å². The number of para-hydroxylation sites is 1. The van der Waals surface area contributed by atoms with Crippen molar-refractivity contribution in [1.29, 1.82) is 0 Å². The van der Waals surface area contributed by atoms with E-state index < -0.39 is 11.8 Å². The number of ether oxygens (including phenoxy) is 1. The van der Waals surface area contributed by atoms with Crippen LogP contribution in [0.15, 0.2) is 67.1 Å². The topological polar surface area (TPSA) is 123 Å². The summed E-state index contributed by atoms with van der Waals surface area (Å²) in [6, 6.07) is 14.9. The lowest BCUT2D eigenvalue weighted by atomic mass is 9.92. The average molecular weight is 487 g/mol. The highest BCUT2D eigenvalue weighted by molar-refractivity contribution is 5.99. The van der Waals surface area contributed by atoms with Crippen LogP contribution in [0, 0.1) is 5.82 Å². The summed E-state index contributed by atoms with van der Waals surface area (Å²) in [5.74, 6) is -0.0848. The van der Waals surface area contributed by atoms with Crippen LogP contribution in [0.5, 0.6) is 11.6 Å². The molecule has 0 aliphatic rings. The minimum atomic E-state index is -0.674. The minimum absolute atomic E-state index is 0.0564. The van der Waals surface area contributed by atoms with E-state index in [0.717, 1.165) is 17.4 Å². The molecule has 0 aliphatic heterocycles. The summed E-state index contributed by atoms with van der Waals surface area (Å²) in [6.07, 6.45) is 2.79. The van der Waals surface area contributed by atoms with Gasteiger partial charge in [-0.2, -0.15) is 10.2 Å². The van der Waals surface area contributed by atoms with Crippen molar-refractivity contribution in [2.45, 2.75) is 26.2 Å². The summed E-state index contributed by atoms with van der Waals surface area (Å²) in [5.41, 5.74) is 2.10. The number of carbonyl (C=O) groups excluding carboxylic acids is 1. The van der Waals surface area contributed by atoms with Crippen molar-refractivity contribution < 1.29 is 13.9 Å². The Morgan fingerprint density at radius 3 is 2.61 bits per heavy atom. The zero-order valence-electron chi connectivity index (χ0n) is 19.8. The molecule has 3 N–H and O–H groups in total. The summed E-state index contributed by atoms with van der Waals surface area (Å²) in [4.78, 5) is 20.8. The van der Waals surface area contributed by atoms with Gasteiger partial charge in [-0.15, -0.1) is 0 Å². The largest absolute Gasteiger partial charge is 0.435 e. The summed E-state index contributed by atoms with van der Waals surface area (Å²) < 4.78 is 22.1. The number of H-pyrrole nitrogens is 1. The number of urea groups is 1. The van der Waals surface area contributed by atoms with Gasteiger partial charge in [-0.25, -0.2) is 23.8 Å². The van der Waals surface area contributed by atoms with Gasteiger partial charge in [-0.3, -0.25) is 10.4 Å². The maximum Gasteiger partial charge on any atom is 0.324 e. The maximum absolute atomic E-state index is 14.8. The van der Waals surface area contributed by atoms with Crippen LogP contribution in [0.3, 0.4) is 0 Å². The third-order valence-electron chi connectivity index (χ3n) is 5.33. The predicted octanol–water partition coefficient (Wildman–Crippen LogP) is 5.41. The molecule has 2 amide bonds. The van der Waals surface area contributed by atoms with E-state index >= 15 is 0 Å². The van der Waals surface area contributed by atoms with Gasteiger partial charge in [0.25, 0.3) is 0 Å². The molecule has 0 aliphatic carbocycles. The van der Waals surface area contributed by atoms with Crippen molar-refractivity contribution in [3.8, 4) is 17.3 Å². The quantitative estimate of drug-likeness (QED) is 0.305. The third kappa shape index (κ3) is 4.71. The molecule has 5 rings (SSSR count). The Morgan fingerprint density at radius 2 is 1.86 bits per heavy atom. The first-order valence-corrected chi connectivity index (χ1v) is 11.1. The standard InChI is InChI=1S/C25H23FN8O2/c1-25(2,3)20-12-21(34(33-20)16-7-5-4-6-8-16)31-24(35)30-15-9-10-19(18(26)11-15)36-23-17-13-29-32-22(17)27-14-28-23/h4-14H,1-3H3,(H2,30,31,35)(H,27,28,29,32). The van der Waals surface area contributed by atoms with E-state index in [1.807, 2.05) is 57.2 Å². The highest BCUT2D eigenvalue weighted by Crippen LogP contribution is 2.30. The highest BCUT2D eigenvalue weighted by Gasteiger charge is 2.21. The molecule has 0 radical (unpaired) electrons. The smallest absolute Gasteiger partial charge is 0.324 e. The number of nitrogens with zero attached hydrogens (tertiary/aromatic N) is 5. The molecule has 2 aromatic carbocycles. The van der Waals surface area contributed by atoms with Gasteiger partial charge in [0, 0.05) is 23.2 Å². The van der Waals surface area contributed by atoms with Crippen LogP contribution in [0.25, 0.3) is 16.7 Å². The van der Waals surface area contributed by atoms with Crippen molar-refractivity contribution >= 4 is 28.6 Å². The first kappa shape index (κ1) is 23.0. The van der Waals surface area contributed by atoms with Gasteiger partial charge in [0.2, 0.25) is 5.88 Å². The van der Waals surface area contributed by atoms with Crippen LogP contribution in [-0.4, -0.2) is 36.0 Å². The Bertz CT molecular complexity index is 1540. The van der Waals surface area contributed by atoms with Crippen LogP contribution >= 0.6 is 0 Å². The van der Waals surface area contributed by atoms with E-state index in [9.17, 15) is 9.18 Å². The number of hydrogen-bond donors (Lipinski definition) is 3. The Labute approximate surface area is 205 Å². The number of benzene rings is 2. The van der Waals surface area contributed by atoms with Crippen molar-refractivity contribution in [2.24, 2.45) is 0 Å². The number of hydrogen-bond acceptors (Lipinski definition) is 6. The number of aromatic nitrogens is 6. The highest BCUT2D eigenvalue weighted by atomic mass is 19.1. The monoisotopic (exact) mass is 486 g/mol. The molecule has 5 aromatic rings. The van der Waals surface area contributed by atoms with Crippen LogP contribution in [0.1, 0.15) is 26.5 Å². The van der Waals surface area contributed by atoms with Gasteiger partial charge in [0.1, 0.15) is 17.5 Å². The molecule has 0 atom stereocenters. The number of rotatable bonds is 5. The summed E-state index contributed by atoms with van der Waals surface area (Å²) >= 11 is 0. The fourth-order valence-corrected chi connectivity index (χ4v) is 3.47. The summed E-state index contributed by atoms with van der Waals surface area (Å²) in [6.45, 7) is 6.12. The Balaban J connectivity index is 1.33. The van der Waals surface area contributed by atoms with Gasteiger partial charge in [0.05, 0.1) is 17.6 Å². The molecular weight excluding hydrogens is 463 g/mol. The van der Waals surface area contributed by atoms with Crippen LogP contribution < -0.4 is 15.4 Å². The number of carbonyl (C=O) groups is 1. The number of amides is 2. The lowest BCUT2D eigenvalue weighted by Gasteiger charge is -2.14. The van der Waals surface area contributed by atoms with Crippen molar-refractivity contribution in [2.75, 3.05) is 10.6 Å². The van der Waals surface area contributed by atoms with E-state index in [-0.39, 0.29) is 22.7 Å². The fourth-order valence-electron chi connectivity index (χ4n) is 3.47. The third-order valence-corrected chi connectivity index (χ3v) is 5.33. The predicted molar refractivity (Wildman–Crippen MR) is 133 cm³/mol. The molecule has 11 heteroatoms. The number of aromatic amines is 1. The van der Waals surface area contributed by atoms with Crippen LogP contribution in [0.2, 0.25) is 0 Å². The van der Waals surface area contributed by atoms with Crippen LogP contribution in [0.4, 0.5) is 20.7 Å².